The molecule has 7 nitrogen and oxygen atoms in total. The molecule has 0 unspecified atom stereocenters. The molecule has 2 amide bonds. The van der Waals surface area contributed by atoms with Crippen LogP contribution in [0.5, 0.6) is 0 Å². The lowest BCUT2D eigenvalue weighted by Gasteiger charge is -2.37. The molecule has 1 atom stereocenters. The molecule has 0 N–H and O–H groups in total. The highest BCUT2D eigenvalue weighted by molar-refractivity contribution is 5.79. The van der Waals surface area contributed by atoms with Crippen LogP contribution in [0.1, 0.15) is 37.7 Å². The Hall–Kier alpha value is -2.44. The first-order valence-electron chi connectivity index (χ1n) is 8.85. The van der Waals surface area contributed by atoms with Crippen molar-refractivity contribution >= 4 is 17.5 Å². The molecule has 2 saturated heterocycles. The highest BCUT2D eigenvalue weighted by atomic mass is 16.6. The van der Waals surface area contributed by atoms with Gasteiger partial charge in [-0.25, -0.2) is 0 Å². The highest BCUT2D eigenvalue weighted by Crippen LogP contribution is 2.22. The third kappa shape index (κ3) is 4.15. The molecule has 25 heavy (non-hydrogen) atoms. The molecule has 1 aromatic carbocycles. The fraction of sp³-hybridized carbons (Fsp3) is 0.556. The summed E-state index contributed by atoms with van der Waals surface area (Å²) in [4.78, 5) is 38.6. The number of aryl methyl sites for hydroxylation is 1. The van der Waals surface area contributed by atoms with Crippen molar-refractivity contribution in [3.8, 4) is 0 Å². The third-order valence-corrected chi connectivity index (χ3v) is 5.05. The SMILES string of the molecule is O=C(CCc1cccc([N+](=O)[O-])c1)N1CCC[C@H](N2CCCC2=O)C1. The monoisotopic (exact) mass is 345 g/mol. The molecule has 134 valence electrons. The second kappa shape index (κ2) is 7.63. The highest BCUT2D eigenvalue weighted by Gasteiger charge is 2.32. The molecular weight excluding hydrogens is 322 g/mol. The minimum atomic E-state index is -0.423. The standard InChI is InChI=1S/C18H23N3O4/c22-17(9-8-14-4-1-5-15(12-14)21(24)25)19-10-2-6-16(13-19)20-11-3-7-18(20)23/h1,4-5,12,16H,2-3,6-11,13H2/t16-/m0/s1. The Bertz CT molecular complexity index is 676. The zero-order valence-corrected chi connectivity index (χ0v) is 14.2. The molecule has 3 rings (SSSR count). The molecular formula is C18H23N3O4. The fourth-order valence-electron chi connectivity index (χ4n) is 3.73. The van der Waals surface area contributed by atoms with Crippen molar-refractivity contribution in [3.05, 3.63) is 39.9 Å². The van der Waals surface area contributed by atoms with Crippen LogP contribution in [0.3, 0.4) is 0 Å². The first kappa shape index (κ1) is 17.4. The summed E-state index contributed by atoms with van der Waals surface area (Å²) in [5.74, 6) is 0.263. The zero-order valence-electron chi connectivity index (χ0n) is 14.2. The smallest absolute Gasteiger partial charge is 0.269 e. The summed E-state index contributed by atoms with van der Waals surface area (Å²) in [6.45, 7) is 2.14. The number of carbonyl (C=O) groups is 2. The van der Waals surface area contributed by atoms with Gasteiger partial charge in [-0.2, -0.15) is 0 Å². The Labute approximate surface area is 146 Å². The van der Waals surface area contributed by atoms with Gasteiger partial charge in [0.05, 0.1) is 4.92 Å². The van der Waals surface area contributed by atoms with Gasteiger partial charge in [0, 0.05) is 50.7 Å². The van der Waals surface area contributed by atoms with Gasteiger partial charge < -0.3 is 9.80 Å². The van der Waals surface area contributed by atoms with Crippen LogP contribution >= 0.6 is 0 Å². The van der Waals surface area contributed by atoms with Gasteiger partial charge in [-0.1, -0.05) is 12.1 Å². The third-order valence-electron chi connectivity index (χ3n) is 5.05. The number of hydrogen-bond donors (Lipinski definition) is 0. The number of amides is 2. The molecule has 7 heteroatoms. The van der Waals surface area contributed by atoms with Crippen LogP contribution in [0.2, 0.25) is 0 Å². The molecule has 2 aliphatic heterocycles. The van der Waals surface area contributed by atoms with Gasteiger partial charge in [0.15, 0.2) is 0 Å². The summed E-state index contributed by atoms with van der Waals surface area (Å²) in [6, 6.07) is 6.57. The molecule has 0 saturated carbocycles. The first-order chi connectivity index (χ1) is 12.0. The second-order valence-corrected chi connectivity index (χ2v) is 6.75. The number of rotatable bonds is 5. The molecule has 2 aliphatic rings. The van der Waals surface area contributed by atoms with Crippen LogP contribution in [0.15, 0.2) is 24.3 Å². The lowest BCUT2D eigenvalue weighted by atomic mass is 10.0. The van der Waals surface area contributed by atoms with Crippen molar-refractivity contribution in [2.24, 2.45) is 0 Å². The number of piperidine rings is 1. The lowest BCUT2D eigenvalue weighted by molar-refractivity contribution is -0.384. The largest absolute Gasteiger partial charge is 0.341 e. The maximum Gasteiger partial charge on any atom is 0.269 e. The van der Waals surface area contributed by atoms with E-state index in [1.165, 1.54) is 12.1 Å². The van der Waals surface area contributed by atoms with Crippen LogP contribution in [-0.2, 0) is 16.0 Å². The molecule has 0 bridgehead atoms. The second-order valence-electron chi connectivity index (χ2n) is 6.75. The molecule has 2 heterocycles. The maximum atomic E-state index is 12.5. The van der Waals surface area contributed by atoms with Crippen molar-refractivity contribution in [1.82, 2.24) is 9.80 Å². The Morgan fingerprint density at radius 3 is 2.84 bits per heavy atom. The Balaban J connectivity index is 1.55. The number of nitro groups is 1. The van der Waals surface area contributed by atoms with Crippen LogP contribution in [0.4, 0.5) is 5.69 Å². The summed E-state index contributed by atoms with van der Waals surface area (Å²) in [5.41, 5.74) is 0.848. The van der Waals surface area contributed by atoms with E-state index in [2.05, 4.69) is 0 Å². The van der Waals surface area contributed by atoms with Gasteiger partial charge in [0.2, 0.25) is 11.8 Å². The van der Waals surface area contributed by atoms with Crippen molar-refractivity contribution in [1.29, 1.82) is 0 Å². The van der Waals surface area contributed by atoms with Gasteiger partial charge >= 0.3 is 0 Å². The quantitative estimate of drug-likeness (QED) is 0.604. The van der Waals surface area contributed by atoms with Gasteiger partial charge in [-0.05, 0) is 31.2 Å². The van der Waals surface area contributed by atoms with Crippen LogP contribution in [0, 0.1) is 10.1 Å². The topological polar surface area (TPSA) is 83.8 Å². The van der Waals surface area contributed by atoms with Gasteiger partial charge in [-0.3, -0.25) is 19.7 Å². The summed E-state index contributed by atoms with van der Waals surface area (Å²) >= 11 is 0. The Kier molecular flexibility index (Phi) is 5.31. The predicted octanol–water partition coefficient (Wildman–Crippen LogP) is 2.14. The van der Waals surface area contributed by atoms with E-state index in [0.29, 0.717) is 25.8 Å². The Morgan fingerprint density at radius 1 is 1.28 bits per heavy atom. The van der Waals surface area contributed by atoms with E-state index in [0.717, 1.165) is 37.9 Å². The predicted molar refractivity (Wildman–Crippen MR) is 92.0 cm³/mol. The Morgan fingerprint density at radius 2 is 2.12 bits per heavy atom. The number of likely N-dealkylation sites (tertiary alicyclic amines) is 2. The molecule has 0 aromatic heterocycles. The average Bonchev–Trinajstić information content (AvgIpc) is 3.06. The molecule has 0 radical (unpaired) electrons. The zero-order chi connectivity index (χ0) is 17.8. The average molecular weight is 345 g/mol. The van der Waals surface area contributed by atoms with Crippen molar-refractivity contribution in [2.45, 2.75) is 44.6 Å². The van der Waals surface area contributed by atoms with Crippen LogP contribution in [-0.4, -0.2) is 52.2 Å². The van der Waals surface area contributed by atoms with E-state index >= 15 is 0 Å². The van der Waals surface area contributed by atoms with Crippen LogP contribution in [0.25, 0.3) is 0 Å². The van der Waals surface area contributed by atoms with E-state index < -0.39 is 4.92 Å². The van der Waals surface area contributed by atoms with Crippen molar-refractivity contribution < 1.29 is 14.5 Å². The number of carbonyl (C=O) groups excluding carboxylic acids is 2. The number of hydrogen-bond acceptors (Lipinski definition) is 4. The van der Waals surface area contributed by atoms with E-state index in [4.69, 9.17) is 0 Å². The number of nitrogens with zero attached hydrogens (tertiary/aromatic N) is 3. The number of nitro benzene ring substituents is 1. The molecule has 1 aromatic rings. The van der Waals surface area contributed by atoms with Gasteiger partial charge in [-0.15, -0.1) is 0 Å². The van der Waals surface area contributed by atoms with Crippen molar-refractivity contribution in [3.63, 3.8) is 0 Å². The summed E-state index contributed by atoms with van der Waals surface area (Å²) in [7, 11) is 0. The fourth-order valence-corrected chi connectivity index (χ4v) is 3.73. The number of non-ortho nitro benzene ring substituents is 1. The summed E-state index contributed by atoms with van der Waals surface area (Å²) in [5, 5.41) is 10.8. The normalized spacial score (nSPS) is 20.8. The molecule has 0 aliphatic carbocycles. The lowest BCUT2D eigenvalue weighted by Crippen LogP contribution is -2.50. The van der Waals surface area contributed by atoms with E-state index in [9.17, 15) is 19.7 Å². The minimum Gasteiger partial charge on any atom is -0.341 e. The van der Waals surface area contributed by atoms with Gasteiger partial charge in [0.1, 0.15) is 0 Å². The van der Waals surface area contributed by atoms with E-state index in [1.54, 1.807) is 6.07 Å². The molecule has 2 fully saturated rings. The van der Waals surface area contributed by atoms with Crippen molar-refractivity contribution in [2.75, 3.05) is 19.6 Å². The summed E-state index contributed by atoms with van der Waals surface area (Å²) < 4.78 is 0. The first-order valence-corrected chi connectivity index (χ1v) is 8.85. The van der Waals surface area contributed by atoms with Gasteiger partial charge in [0.25, 0.3) is 5.69 Å². The summed E-state index contributed by atoms with van der Waals surface area (Å²) in [6.07, 6.45) is 4.23. The molecule has 0 spiro atoms. The minimum absolute atomic E-state index is 0.0514. The number of benzene rings is 1. The maximum absolute atomic E-state index is 12.5. The van der Waals surface area contributed by atoms with E-state index in [1.807, 2.05) is 15.9 Å². The van der Waals surface area contributed by atoms with Crippen LogP contribution < -0.4 is 0 Å². The van der Waals surface area contributed by atoms with E-state index in [-0.39, 0.29) is 23.5 Å².